The predicted octanol–water partition coefficient (Wildman–Crippen LogP) is 5.28. The van der Waals surface area contributed by atoms with Gasteiger partial charge in [-0.05, 0) is 68.9 Å². The Hall–Kier alpha value is -2.80. The van der Waals surface area contributed by atoms with E-state index in [0.717, 1.165) is 34.0 Å². The normalized spacial score (nSPS) is 24.2. The van der Waals surface area contributed by atoms with Gasteiger partial charge in [0.25, 0.3) is 5.91 Å². The molecule has 7 heteroatoms. The Morgan fingerprint density at radius 2 is 1.94 bits per heavy atom. The monoisotopic (exact) mass is 451 g/mol. The molecule has 1 saturated carbocycles. The molecule has 2 bridgehead atoms. The Balaban J connectivity index is 1.43. The van der Waals surface area contributed by atoms with Crippen molar-refractivity contribution in [3.05, 3.63) is 64.8 Å². The average Bonchev–Trinajstić information content (AvgIpc) is 3.14. The number of fused-ring (bicyclic) bond motifs is 2. The van der Waals surface area contributed by atoms with Crippen molar-refractivity contribution >= 4 is 17.2 Å². The summed E-state index contributed by atoms with van der Waals surface area (Å²) in [7, 11) is 0. The zero-order valence-electron chi connectivity index (χ0n) is 18.4. The summed E-state index contributed by atoms with van der Waals surface area (Å²) in [4.78, 5) is 25.8. The number of halogens is 1. The number of carbonyl (C=O) groups excluding carboxylic acids is 1. The molecule has 32 heavy (non-hydrogen) atoms. The van der Waals surface area contributed by atoms with Crippen LogP contribution >= 0.6 is 11.3 Å². The molecule has 1 amide bonds. The van der Waals surface area contributed by atoms with E-state index >= 15 is 0 Å². The first-order chi connectivity index (χ1) is 15.4. The van der Waals surface area contributed by atoms with Crippen LogP contribution in [0.2, 0.25) is 0 Å². The molecular weight excluding hydrogens is 425 g/mol. The Labute approximate surface area is 191 Å². The number of nitrogens with zero attached hydrogens (tertiary/aromatic N) is 3. The van der Waals surface area contributed by atoms with Gasteiger partial charge in [-0.3, -0.25) is 9.78 Å². The van der Waals surface area contributed by atoms with Crippen LogP contribution in [-0.4, -0.2) is 39.5 Å². The molecule has 5 nitrogen and oxygen atoms in total. The third-order valence-electron chi connectivity index (χ3n) is 6.83. The van der Waals surface area contributed by atoms with E-state index in [1.54, 1.807) is 12.1 Å². The maximum atomic E-state index is 13.9. The lowest BCUT2D eigenvalue weighted by atomic mass is 9.64. The topological polar surface area (TPSA) is 55.3 Å². The Kier molecular flexibility index (Phi) is 5.45. The lowest BCUT2D eigenvalue weighted by Gasteiger charge is -2.57. The number of amides is 1. The zero-order chi connectivity index (χ0) is 22.4. The molecule has 2 saturated heterocycles. The van der Waals surface area contributed by atoms with Crippen LogP contribution in [0.5, 0.6) is 5.75 Å². The molecule has 166 valence electrons. The quantitative estimate of drug-likeness (QED) is 0.530. The summed E-state index contributed by atoms with van der Waals surface area (Å²) in [5, 5.41) is 0.861. The van der Waals surface area contributed by atoms with Gasteiger partial charge >= 0.3 is 0 Å². The van der Waals surface area contributed by atoms with Gasteiger partial charge in [-0.25, -0.2) is 9.37 Å². The number of aryl methyl sites for hydroxylation is 2. The lowest BCUT2D eigenvalue weighted by Crippen LogP contribution is -2.64. The van der Waals surface area contributed by atoms with Crippen molar-refractivity contribution in [3.8, 4) is 16.2 Å². The second-order valence-electron chi connectivity index (χ2n) is 8.89. The van der Waals surface area contributed by atoms with Gasteiger partial charge in [-0.15, -0.1) is 11.3 Å². The fraction of sp³-hybridized carbons (Fsp3) is 0.400. The van der Waals surface area contributed by atoms with E-state index < -0.39 is 0 Å². The maximum absolute atomic E-state index is 13.9. The Morgan fingerprint density at radius 1 is 1.19 bits per heavy atom. The number of rotatable bonds is 5. The molecule has 3 fully saturated rings. The van der Waals surface area contributed by atoms with Gasteiger partial charge in [0, 0.05) is 23.5 Å². The first-order valence-electron chi connectivity index (χ1n) is 11.0. The lowest BCUT2D eigenvalue weighted by molar-refractivity contribution is -0.0672. The van der Waals surface area contributed by atoms with Crippen LogP contribution in [0.25, 0.3) is 10.4 Å². The SMILES string of the molecule is Cc1ccc(-c2sc(C)nc2C(=O)N2C3CC(C3)[C@@H](C)[C@H]2COc2ccc(F)cc2)cn1. The average molecular weight is 452 g/mol. The molecule has 0 N–H and O–H groups in total. The molecule has 2 aliphatic heterocycles. The van der Waals surface area contributed by atoms with Crippen molar-refractivity contribution in [2.45, 2.75) is 45.7 Å². The van der Waals surface area contributed by atoms with Gasteiger partial charge in [0.2, 0.25) is 0 Å². The smallest absolute Gasteiger partial charge is 0.274 e. The predicted molar refractivity (Wildman–Crippen MR) is 122 cm³/mol. The van der Waals surface area contributed by atoms with Crippen LogP contribution in [-0.2, 0) is 0 Å². The minimum absolute atomic E-state index is 0.0346. The van der Waals surface area contributed by atoms with Gasteiger partial charge in [-0.1, -0.05) is 13.0 Å². The van der Waals surface area contributed by atoms with Crippen molar-refractivity contribution in [2.75, 3.05) is 6.61 Å². The van der Waals surface area contributed by atoms with Gasteiger partial charge in [0.05, 0.1) is 15.9 Å². The summed E-state index contributed by atoms with van der Waals surface area (Å²) in [5.41, 5.74) is 2.36. The number of hydrogen-bond acceptors (Lipinski definition) is 5. The molecule has 3 aromatic rings. The third kappa shape index (κ3) is 3.79. The summed E-state index contributed by atoms with van der Waals surface area (Å²) < 4.78 is 19.2. The molecule has 2 atom stereocenters. The molecule has 1 aromatic carbocycles. The van der Waals surface area contributed by atoms with Crippen LogP contribution in [0.15, 0.2) is 42.6 Å². The first-order valence-corrected chi connectivity index (χ1v) is 11.8. The number of aromatic nitrogens is 2. The van der Waals surface area contributed by atoms with Crippen molar-refractivity contribution in [2.24, 2.45) is 11.8 Å². The molecule has 4 heterocycles. The van der Waals surface area contributed by atoms with Crippen molar-refractivity contribution in [1.82, 2.24) is 14.9 Å². The summed E-state index contributed by atoms with van der Waals surface area (Å²) in [6.45, 7) is 6.47. The molecule has 0 radical (unpaired) electrons. The van der Waals surface area contributed by atoms with Gasteiger partial charge in [0.1, 0.15) is 23.9 Å². The zero-order valence-corrected chi connectivity index (χ0v) is 19.2. The minimum atomic E-state index is -0.293. The molecule has 6 rings (SSSR count). The van der Waals surface area contributed by atoms with E-state index in [1.165, 1.54) is 23.5 Å². The van der Waals surface area contributed by atoms with Gasteiger partial charge in [-0.2, -0.15) is 0 Å². The largest absolute Gasteiger partial charge is 0.491 e. The highest BCUT2D eigenvalue weighted by Gasteiger charge is 2.51. The van der Waals surface area contributed by atoms with Crippen LogP contribution in [0.4, 0.5) is 4.39 Å². The number of pyridine rings is 1. The number of piperidine rings is 2. The number of hydrogen-bond donors (Lipinski definition) is 0. The molecule has 0 spiro atoms. The van der Waals surface area contributed by atoms with Crippen LogP contribution < -0.4 is 4.74 Å². The maximum Gasteiger partial charge on any atom is 0.274 e. The van der Waals surface area contributed by atoms with Gasteiger partial charge in [0.15, 0.2) is 0 Å². The third-order valence-corrected chi connectivity index (χ3v) is 7.85. The number of thiazole rings is 1. The molecule has 0 unspecified atom stereocenters. The highest BCUT2D eigenvalue weighted by Crippen LogP contribution is 2.47. The second kappa shape index (κ2) is 8.28. The minimum Gasteiger partial charge on any atom is -0.491 e. The molecular formula is C25H26FN3O2S. The van der Waals surface area contributed by atoms with Crippen LogP contribution in [0, 0.1) is 31.5 Å². The van der Waals surface area contributed by atoms with E-state index in [4.69, 9.17) is 4.74 Å². The number of ether oxygens (including phenoxy) is 1. The van der Waals surface area contributed by atoms with Crippen LogP contribution in [0.3, 0.4) is 0 Å². The standard InChI is InChI=1S/C25H26FN3O2S/c1-14-4-5-17(12-27-14)24-23(28-16(3)32-24)25(30)29-20-10-18(11-20)15(2)22(29)13-31-21-8-6-19(26)7-9-21/h4-9,12,15,18,20,22H,10-11,13H2,1-3H3/t15-,18?,20?,22-/m1/s1. The summed E-state index contributed by atoms with van der Waals surface area (Å²) >= 11 is 1.53. The summed E-state index contributed by atoms with van der Waals surface area (Å²) in [6, 6.07) is 10.2. The van der Waals surface area contributed by atoms with Gasteiger partial charge < -0.3 is 9.64 Å². The molecule has 3 aliphatic rings. The fourth-order valence-corrected chi connectivity index (χ4v) is 5.78. The van der Waals surface area contributed by atoms with Crippen LogP contribution in [0.1, 0.15) is 41.0 Å². The van der Waals surface area contributed by atoms with E-state index in [9.17, 15) is 9.18 Å². The number of carbonyl (C=O) groups is 1. The van der Waals surface area contributed by atoms with Crippen molar-refractivity contribution in [3.63, 3.8) is 0 Å². The first kappa shape index (κ1) is 21.1. The van der Waals surface area contributed by atoms with E-state index in [1.807, 2.05) is 37.1 Å². The second-order valence-corrected chi connectivity index (χ2v) is 10.1. The highest BCUT2D eigenvalue weighted by molar-refractivity contribution is 7.15. The van der Waals surface area contributed by atoms with Crippen molar-refractivity contribution < 1.29 is 13.9 Å². The van der Waals surface area contributed by atoms with E-state index in [2.05, 4.69) is 16.9 Å². The fourth-order valence-electron chi connectivity index (χ4n) is 4.88. The summed E-state index contributed by atoms with van der Waals surface area (Å²) in [5.74, 6) is 1.23. The molecule has 2 aromatic heterocycles. The highest BCUT2D eigenvalue weighted by atomic mass is 32.1. The van der Waals surface area contributed by atoms with E-state index in [0.29, 0.717) is 29.9 Å². The molecule has 1 aliphatic carbocycles. The summed E-state index contributed by atoms with van der Waals surface area (Å²) in [6.07, 6.45) is 3.88. The van der Waals surface area contributed by atoms with E-state index in [-0.39, 0.29) is 23.8 Å². The number of benzene rings is 1. The van der Waals surface area contributed by atoms with Crippen molar-refractivity contribution in [1.29, 1.82) is 0 Å². The Bertz CT molecular complexity index is 1120. The Morgan fingerprint density at radius 3 is 2.62 bits per heavy atom.